The van der Waals surface area contributed by atoms with E-state index in [1.807, 2.05) is 54.0 Å². The Morgan fingerprint density at radius 1 is 1.19 bits per heavy atom. The van der Waals surface area contributed by atoms with Gasteiger partial charge < -0.3 is 19.4 Å². The number of nitrogens with one attached hydrogen (secondary N) is 2. The van der Waals surface area contributed by atoms with Crippen LogP contribution in [0.1, 0.15) is 51.6 Å². The number of aromatic nitrogens is 3. The molecule has 4 aromatic rings. The molecule has 0 saturated heterocycles. The number of nitrogens with zero attached hydrogens (tertiary/aromatic N) is 2. The number of ether oxygens (including phenoxy) is 1. The molecule has 3 aromatic heterocycles. The third-order valence-electron chi connectivity index (χ3n) is 5.12. The molecule has 4 rings (SSSR count). The topological polar surface area (TPSA) is 88.5 Å². The van der Waals surface area contributed by atoms with Crippen molar-refractivity contribution in [2.75, 3.05) is 5.32 Å². The van der Waals surface area contributed by atoms with Crippen LogP contribution in [0.5, 0.6) is 5.75 Å². The van der Waals surface area contributed by atoms with Gasteiger partial charge in [0.25, 0.3) is 5.91 Å². The molecule has 0 saturated carbocycles. The van der Waals surface area contributed by atoms with Gasteiger partial charge in [-0.15, -0.1) is 0 Å². The van der Waals surface area contributed by atoms with Crippen LogP contribution in [-0.2, 0) is 13.0 Å². The summed E-state index contributed by atoms with van der Waals surface area (Å²) in [7, 11) is 0. The zero-order chi connectivity index (χ0) is 22.0. The molecule has 0 aliphatic rings. The molecule has 0 bridgehead atoms. The Kier molecular flexibility index (Phi) is 5.58. The fraction of sp³-hybridized carbons (Fsp3) is 0.208. The van der Waals surface area contributed by atoms with Gasteiger partial charge in [-0.1, -0.05) is 19.1 Å². The summed E-state index contributed by atoms with van der Waals surface area (Å²) in [6, 6.07) is 13.0. The van der Waals surface area contributed by atoms with Crippen LogP contribution >= 0.6 is 0 Å². The molecule has 3 heterocycles. The lowest BCUT2D eigenvalue weighted by Gasteiger charge is -2.09. The highest BCUT2D eigenvalue weighted by Gasteiger charge is 2.21. The third kappa shape index (κ3) is 4.21. The molecular weight excluding hydrogens is 392 g/mol. The third-order valence-corrected chi connectivity index (χ3v) is 5.12. The summed E-state index contributed by atoms with van der Waals surface area (Å²) < 4.78 is 7.81. The number of hydrogen-bond donors (Lipinski definition) is 2. The molecule has 158 valence electrons. The summed E-state index contributed by atoms with van der Waals surface area (Å²) in [5.74, 6) is 0.287. The van der Waals surface area contributed by atoms with Gasteiger partial charge in [0.2, 0.25) is 0 Å². The van der Waals surface area contributed by atoms with Gasteiger partial charge in [-0.2, -0.15) is 0 Å². The Morgan fingerprint density at radius 3 is 2.77 bits per heavy atom. The number of hydrogen-bond acceptors (Lipinski definition) is 4. The first-order valence-electron chi connectivity index (χ1n) is 10.2. The number of pyridine rings is 1. The van der Waals surface area contributed by atoms with E-state index in [0.717, 1.165) is 16.9 Å². The lowest BCUT2D eigenvalue weighted by molar-refractivity contribution is 0.101. The van der Waals surface area contributed by atoms with E-state index in [1.54, 1.807) is 19.1 Å². The van der Waals surface area contributed by atoms with Gasteiger partial charge in [0.1, 0.15) is 23.7 Å². The Bertz CT molecular complexity index is 1240. The molecule has 7 heteroatoms. The van der Waals surface area contributed by atoms with Crippen LogP contribution in [0, 0.1) is 6.92 Å². The van der Waals surface area contributed by atoms with Gasteiger partial charge in [0.15, 0.2) is 5.78 Å². The lowest BCUT2D eigenvalue weighted by atomic mass is 10.0. The molecule has 0 spiro atoms. The Hall–Kier alpha value is -3.87. The highest BCUT2D eigenvalue weighted by Crippen LogP contribution is 2.23. The van der Waals surface area contributed by atoms with Crippen molar-refractivity contribution in [3.05, 3.63) is 83.1 Å². The van der Waals surface area contributed by atoms with Crippen molar-refractivity contribution in [2.45, 2.75) is 33.8 Å². The number of ketones is 1. The van der Waals surface area contributed by atoms with Crippen LogP contribution in [0.4, 0.5) is 5.69 Å². The molecular formula is C24H24N4O3. The fourth-order valence-electron chi connectivity index (χ4n) is 3.77. The standard InChI is InChI=1S/C24H24N4O3/c1-4-20-22(16(3)29)15(2)25-23(20)24(30)27-17-8-7-9-19(12-17)31-14-18-13-28-11-6-5-10-21(28)26-18/h5-13,25H,4,14H2,1-3H3,(H,27,30). The molecule has 7 nitrogen and oxygen atoms in total. The monoisotopic (exact) mass is 416 g/mol. The summed E-state index contributed by atoms with van der Waals surface area (Å²) in [5, 5.41) is 2.89. The highest BCUT2D eigenvalue weighted by atomic mass is 16.5. The number of aromatic amines is 1. The average molecular weight is 416 g/mol. The maximum atomic E-state index is 12.9. The predicted octanol–water partition coefficient (Wildman–Crippen LogP) is 4.57. The van der Waals surface area contributed by atoms with Gasteiger partial charge in [-0.05, 0) is 50.1 Å². The summed E-state index contributed by atoms with van der Waals surface area (Å²) in [6.07, 6.45) is 4.45. The van der Waals surface area contributed by atoms with E-state index in [0.29, 0.717) is 41.4 Å². The number of carbonyl (C=O) groups is 2. The lowest BCUT2D eigenvalue weighted by Crippen LogP contribution is -2.14. The summed E-state index contributed by atoms with van der Waals surface area (Å²) in [6.45, 7) is 5.57. The van der Waals surface area contributed by atoms with Crippen LogP contribution in [0.3, 0.4) is 0 Å². The molecule has 0 aliphatic heterocycles. The summed E-state index contributed by atoms with van der Waals surface area (Å²) in [5.41, 5.74) is 4.74. The maximum Gasteiger partial charge on any atom is 0.272 e. The first-order chi connectivity index (χ1) is 15.0. The molecule has 2 N–H and O–H groups in total. The molecule has 0 atom stereocenters. The van der Waals surface area contributed by atoms with Crippen molar-refractivity contribution in [3.8, 4) is 5.75 Å². The van der Waals surface area contributed by atoms with Crippen molar-refractivity contribution in [2.24, 2.45) is 0 Å². The van der Waals surface area contributed by atoms with Crippen molar-refractivity contribution in [1.29, 1.82) is 0 Å². The number of benzene rings is 1. The second-order valence-corrected chi connectivity index (χ2v) is 7.36. The second-order valence-electron chi connectivity index (χ2n) is 7.36. The first-order valence-corrected chi connectivity index (χ1v) is 10.2. The second kappa shape index (κ2) is 8.47. The Labute approximate surface area is 180 Å². The molecule has 0 fully saturated rings. The zero-order valence-electron chi connectivity index (χ0n) is 17.7. The van der Waals surface area contributed by atoms with E-state index >= 15 is 0 Å². The van der Waals surface area contributed by atoms with Crippen LogP contribution in [0.15, 0.2) is 54.9 Å². The number of Topliss-reactive ketones (excluding diaryl/α,β-unsaturated/α-hetero) is 1. The number of fused-ring (bicyclic) bond motifs is 1. The minimum Gasteiger partial charge on any atom is -0.487 e. The number of aryl methyl sites for hydroxylation is 1. The normalized spacial score (nSPS) is 10.9. The molecule has 0 radical (unpaired) electrons. The van der Waals surface area contributed by atoms with Crippen LogP contribution in [0.25, 0.3) is 5.65 Å². The van der Waals surface area contributed by atoms with Gasteiger partial charge in [-0.3, -0.25) is 9.59 Å². The number of amides is 1. The number of carbonyl (C=O) groups excluding carboxylic acids is 2. The fourth-order valence-corrected chi connectivity index (χ4v) is 3.77. The van der Waals surface area contributed by atoms with Crippen molar-refractivity contribution < 1.29 is 14.3 Å². The predicted molar refractivity (Wildman–Crippen MR) is 119 cm³/mol. The van der Waals surface area contributed by atoms with E-state index in [-0.39, 0.29) is 11.7 Å². The van der Waals surface area contributed by atoms with E-state index in [1.165, 1.54) is 6.92 Å². The van der Waals surface area contributed by atoms with Crippen molar-refractivity contribution in [3.63, 3.8) is 0 Å². The minimum absolute atomic E-state index is 0.0491. The average Bonchev–Trinajstić information content (AvgIpc) is 3.32. The Balaban J connectivity index is 1.48. The Morgan fingerprint density at radius 2 is 2.03 bits per heavy atom. The smallest absolute Gasteiger partial charge is 0.272 e. The highest BCUT2D eigenvalue weighted by molar-refractivity contribution is 6.07. The SMILES string of the molecule is CCc1c(C(=O)Nc2cccc(OCc3cn4ccccc4n3)c2)[nH]c(C)c1C(C)=O. The van der Waals surface area contributed by atoms with Crippen LogP contribution < -0.4 is 10.1 Å². The van der Waals surface area contributed by atoms with Crippen LogP contribution in [-0.4, -0.2) is 26.1 Å². The van der Waals surface area contributed by atoms with Crippen molar-refractivity contribution in [1.82, 2.24) is 14.4 Å². The van der Waals surface area contributed by atoms with E-state index < -0.39 is 0 Å². The maximum absolute atomic E-state index is 12.9. The summed E-state index contributed by atoms with van der Waals surface area (Å²) >= 11 is 0. The zero-order valence-corrected chi connectivity index (χ0v) is 17.7. The molecule has 0 unspecified atom stereocenters. The summed E-state index contributed by atoms with van der Waals surface area (Å²) in [4.78, 5) is 32.4. The van der Waals surface area contributed by atoms with Crippen molar-refractivity contribution >= 4 is 23.0 Å². The number of H-pyrrole nitrogens is 1. The van der Waals surface area contributed by atoms with Gasteiger partial charge >= 0.3 is 0 Å². The van der Waals surface area contributed by atoms with Gasteiger partial charge in [0, 0.05) is 35.4 Å². The van der Waals surface area contributed by atoms with Crippen LogP contribution in [0.2, 0.25) is 0 Å². The molecule has 1 aromatic carbocycles. The number of imidazole rings is 1. The van der Waals surface area contributed by atoms with Gasteiger partial charge in [0.05, 0.1) is 5.69 Å². The van der Waals surface area contributed by atoms with Gasteiger partial charge in [-0.25, -0.2) is 4.98 Å². The van der Waals surface area contributed by atoms with E-state index in [9.17, 15) is 9.59 Å². The number of anilines is 1. The minimum atomic E-state index is -0.287. The molecule has 1 amide bonds. The quantitative estimate of drug-likeness (QED) is 0.432. The van der Waals surface area contributed by atoms with E-state index in [2.05, 4.69) is 15.3 Å². The largest absolute Gasteiger partial charge is 0.487 e. The molecule has 31 heavy (non-hydrogen) atoms. The molecule has 0 aliphatic carbocycles. The van der Waals surface area contributed by atoms with E-state index in [4.69, 9.17) is 4.74 Å². The first kappa shape index (κ1) is 20.4. The number of rotatable bonds is 7.